The van der Waals surface area contributed by atoms with Gasteiger partial charge < -0.3 is 10.1 Å². The van der Waals surface area contributed by atoms with E-state index in [0.29, 0.717) is 43.9 Å². The molecule has 126 valence electrons. The molecule has 4 rings (SSSR count). The Balaban J connectivity index is 1.69. The van der Waals surface area contributed by atoms with E-state index in [1.165, 1.54) is 4.57 Å². The van der Waals surface area contributed by atoms with Crippen molar-refractivity contribution in [2.75, 3.05) is 18.5 Å². The second kappa shape index (κ2) is 6.28. The molecule has 1 aromatic heterocycles. The minimum Gasteiger partial charge on any atom is -0.381 e. The van der Waals surface area contributed by atoms with Crippen LogP contribution in [0.4, 0.5) is 5.82 Å². The van der Waals surface area contributed by atoms with E-state index in [9.17, 15) is 9.59 Å². The molecule has 0 radical (unpaired) electrons. The summed E-state index contributed by atoms with van der Waals surface area (Å²) >= 11 is 0. The molecule has 2 N–H and O–H groups in total. The van der Waals surface area contributed by atoms with Gasteiger partial charge in [-0.1, -0.05) is 30.3 Å². The van der Waals surface area contributed by atoms with Crippen molar-refractivity contribution in [1.82, 2.24) is 9.55 Å². The molecule has 1 atom stereocenters. The summed E-state index contributed by atoms with van der Waals surface area (Å²) in [5.74, 6) is 0.577. The minimum atomic E-state index is -0.327. The monoisotopic (exact) mass is 327 g/mol. The standard InChI is InChI=1S/C18H21N3O3/c22-17-14-6-7-15(12-4-2-1-3-5-12)19-16(14)20-18(23)21(17)13-8-10-24-11-9-13/h1-5,13,15,19H,6-11H2,(H,20,23)/t15-/m1/s1. The Bertz CT molecular complexity index is 835. The number of aromatic nitrogens is 2. The number of nitrogens with one attached hydrogen (secondary N) is 2. The summed E-state index contributed by atoms with van der Waals surface area (Å²) in [6, 6.07) is 10.2. The van der Waals surface area contributed by atoms with Crippen molar-refractivity contribution in [3.63, 3.8) is 0 Å². The van der Waals surface area contributed by atoms with Crippen LogP contribution in [0.25, 0.3) is 0 Å². The molecule has 3 heterocycles. The lowest BCUT2D eigenvalue weighted by molar-refractivity contribution is 0.0673. The van der Waals surface area contributed by atoms with Crippen LogP contribution in [-0.4, -0.2) is 22.8 Å². The molecule has 1 saturated heterocycles. The summed E-state index contributed by atoms with van der Waals surface area (Å²) in [4.78, 5) is 28.2. The lowest BCUT2D eigenvalue weighted by Gasteiger charge is -2.29. The van der Waals surface area contributed by atoms with Gasteiger partial charge in [-0.15, -0.1) is 0 Å². The number of rotatable bonds is 2. The Morgan fingerprint density at radius 1 is 1.04 bits per heavy atom. The summed E-state index contributed by atoms with van der Waals surface area (Å²) in [5.41, 5.74) is 1.37. The molecule has 2 aliphatic heterocycles. The Labute approximate surface area is 139 Å². The fraction of sp³-hybridized carbons (Fsp3) is 0.444. The van der Waals surface area contributed by atoms with E-state index in [-0.39, 0.29) is 23.3 Å². The molecular weight excluding hydrogens is 306 g/mol. The van der Waals surface area contributed by atoms with E-state index >= 15 is 0 Å². The van der Waals surface area contributed by atoms with Gasteiger partial charge >= 0.3 is 5.69 Å². The zero-order valence-electron chi connectivity index (χ0n) is 13.5. The van der Waals surface area contributed by atoms with E-state index in [2.05, 4.69) is 22.4 Å². The molecule has 6 nitrogen and oxygen atoms in total. The second-order valence-corrected chi connectivity index (χ2v) is 6.45. The highest BCUT2D eigenvalue weighted by Gasteiger charge is 2.26. The Morgan fingerprint density at radius 2 is 1.79 bits per heavy atom. The first-order chi connectivity index (χ1) is 11.7. The predicted molar refractivity (Wildman–Crippen MR) is 91.5 cm³/mol. The molecule has 0 saturated carbocycles. The molecule has 0 amide bonds. The van der Waals surface area contributed by atoms with E-state index in [0.717, 1.165) is 12.0 Å². The average Bonchev–Trinajstić information content (AvgIpc) is 2.63. The molecule has 1 fully saturated rings. The highest BCUT2D eigenvalue weighted by atomic mass is 16.5. The van der Waals surface area contributed by atoms with Crippen LogP contribution < -0.4 is 16.6 Å². The number of anilines is 1. The van der Waals surface area contributed by atoms with E-state index in [1.54, 1.807) is 0 Å². The molecule has 0 unspecified atom stereocenters. The fourth-order valence-corrected chi connectivity index (χ4v) is 3.69. The number of nitrogens with zero attached hydrogens (tertiary/aromatic N) is 1. The number of aromatic amines is 1. The van der Waals surface area contributed by atoms with Crippen LogP contribution in [0, 0.1) is 0 Å². The number of H-pyrrole nitrogens is 1. The van der Waals surface area contributed by atoms with E-state index in [4.69, 9.17) is 4.74 Å². The summed E-state index contributed by atoms with van der Waals surface area (Å²) < 4.78 is 6.73. The largest absolute Gasteiger partial charge is 0.381 e. The van der Waals surface area contributed by atoms with Crippen LogP contribution in [0.5, 0.6) is 0 Å². The van der Waals surface area contributed by atoms with Crippen LogP contribution in [0.1, 0.15) is 42.5 Å². The Kier molecular flexibility index (Phi) is 3.98. The van der Waals surface area contributed by atoms with Crippen molar-refractivity contribution in [2.45, 2.75) is 37.8 Å². The number of hydrogen-bond donors (Lipinski definition) is 2. The normalized spacial score (nSPS) is 21.1. The molecule has 0 bridgehead atoms. The molecule has 24 heavy (non-hydrogen) atoms. The van der Waals surface area contributed by atoms with Gasteiger partial charge in [-0.05, 0) is 31.2 Å². The van der Waals surface area contributed by atoms with Crippen molar-refractivity contribution in [3.05, 3.63) is 62.3 Å². The van der Waals surface area contributed by atoms with Crippen LogP contribution in [0.15, 0.2) is 39.9 Å². The minimum absolute atomic E-state index is 0.0628. The van der Waals surface area contributed by atoms with Crippen LogP contribution in [-0.2, 0) is 11.2 Å². The van der Waals surface area contributed by atoms with Crippen LogP contribution >= 0.6 is 0 Å². The SMILES string of the molecule is O=c1[nH]c2c(c(=O)n1C1CCOCC1)CC[C@H](c1ccccc1)N2. The predicted octanol–water partition coefficient (Wildman–Crippen LogP) is 1.99. The molecular formula is C18H21N3O3. The van der Waals surface area contributed by atoms with Gasteiger partial charge in [-0.2, -0.15) is 0 Å². The average molecular weight is 327 g/mol. The van der Waals surface area contributed by atoms with E-state index in [1.807, 2.05) is 18.2 Å². The summed E-state index contributed by atoms with van der Waals surface area (Å²) in [7, 11) is 0. The molecule has 2 aliphatic rings. The van der Waals surface area contributed by atoms with Gasteiger partial charge in [-0.25, -0.2) is 4.79 Å². The molecule has 2 aromatic rings. The van der Waals surface area contributed by atoms with Crippen LogP contribution in [0.2, 0.25) is 0 Å². The number of hydrogen-bond acceptors (Lipinski definition) is 4. The summed E-state index contributed by atoms with van der Waals surface area (Å²) in [6.07, 6.45) is 2.93. The van der Waals surface area contributed by atoms with Crippen molar-refractivity contribution < 1.29 is 4.74 Å². The number of fused-ring (bicyclic) bond motifs is 1. The summed E-state index contributed by atoms with van der Waals surface area (Å²) in [5, 5.41) is 3.33. The maximum Gasteiger partial charge on any atom is 0.330 e. The first-order valence-corrected chi connectivity index (χ1v) is 8.51. The Morgan fingerprint density at radius 3 is 2.54 bits per heavy atom. The van der Waals surface area contributed by atoms with Gasteiger partial charge in [0.25, 0.3) is 5.56 Å². The lowest BCUT2D eigenvalue weighted by Crippen LogP contribution is -2.43. The van der Waals surface area contributed by atoms with Gasteiger partial charge in [0.15, 0.2) is 0 Å². The van der Waals surface area contributed by atoms with Gasteiger partial charge in [0, 0.05) is 19.3 Å². The third-order valence-corrected chi connectivity index (χ3v) is 4.99. The molecule has 6 heteroatoms. The van der Waals surface area contributed by atoms with Gasteiger partial charge in [0.05, 0.1) is 11.6 Å². The first-order valence-electron chi connectivity index (χ1n) is 8.51. The highest BCUT2D eigenvalue weighted by Crippen LogP contribution is 2.29. The van der Waals surface area contributed by atoms with Crippen LogP contribution in [0.3, 0.4) is 0 Å². The summed E-state index contributed by atoms with van der Waals surface area (Å²) in [6.45, 7) is 1.20. The second-order valence-electron chi connectivity index (χ2n) is 6.45. The smallest absolute Gasteiger partial charge is 0.330 e. The van der Waals surface area contributed by atoms with Gasteiger partial charge in [0.2, 0.25) is 0 Å². The maximum atomic E-state index is 12.8. The zero-order valence-corrected chi connectivity index (χ0v) is 13.5. The van der Waals surface area contributed by atoms with Crippen molar-refractivity contribution in [3.8, 4) is 0 Å². The van der Waals surface area contributed by atoms with Gasteiger partial charge in [0.1, 0.15) is 5.82 Å². The maximum absolute atomic E-state index is 12.8. The third-order valence-electron chi connectivity index (χ3n) is 4.99. The topological polar surface area (TPSA) is 76.1 Å². The first kappa shape index (κ1) is 15.2. The zero-order chi connectivity index (χ0) is 16.5. The quantitative estimate of drug-likeness (QED) is 0.884. The van der Waals surface area contributed by atoms with Gasteiger partial charge in [-0.3, -0.25) is 14.3 Å². The Hall–Kier alpha value is -2.34. The van der Waals surface area contributed by atoms with Crippen molar-refractivity contribution in [2.24, 2.45) is 0 Å². The van der Waals surface area contributed by atoms with Crippen molar-refractivity contribution in [1.29, 1.82) is 0 Å². The molecule has 0 spiro atoms. The highest BCUT2D eigenvalue weighted by molar-refractivity contribution is 5.47. The lowest BCUT2D eigenvalue weighted by atomic mass is 9.95. The number of ether oxygens (including phenoxy) is 1. The molecule has 1 aromatic carbocycles. The molecule has 0 aliphatic carbocycles. The number of benzene rings is 1. The third kappa shape index (κ3) is 2.67. The van der Waals surface area contributed by atoms with E-state index < -0.39 is 0 Å². The van der Waals surface area contributed by atoms with Crippen molar-refractivity contribution >= 4 is 5.82 Å². The fourth-order valence-electron chi connectivity index (χ4n) is 3.69.